The van der Waals surface area contributed by atoms with Crippen LogP contribution in [0.3, 0.4) is 0 Å². The summed E-state index contributed by atoms with van der Waals surface area (Å²) in [6, 6.07) is 9.76. The first-order chi connectivity index (χ1) is 11.9. The largest absolute Gasteiger partial charge is 0.493 e. The van der Waals surface area contributed by atoms with E-state index in [0.717, 1.165) is 8.95 Å². The summed E-state index contributed by atoms with van der Waals surface area (Å²) in [5.74, 6) is -0.258. The normalized spacial score (nSPS) is 11.0. The molecule has 0 fully saturated rings. The molecule has 0 bridgehead atoms. The predicted octanol–water partition coefficient (Wildman–Crippen LogP) is 5.47. The SMILES string of the molecule is COc1cc(/C=C/C(=O)Nc2ccc(Br)cc2Br)ccc1OC(F)F. The monoisotopic (exact) mass is 475 g/mol. The number of amides is 1. The molecule has 0 aliphatic rings. The van der Waals surface area contributed by atoms with Gasteiger partial charge < -0.3 is 14.8 Å². The molecule has 0 aromatic heterocycles. The molecule has 1 N–H and O–H groups in total. The molecular weight excluding hydrogens is 464 g/mol. The Labute approximate surface area is 160 Å². The minimum atomic E-state index is -2.94. The van der Waals surface area contributed by atoms with E-state index in [9.17, 15) is 13.6 Å². The zero-order valence-corrected chi connectivity index (χ0v) is 16.1. The van der Waals surface area contributed by atoms with Gasteiger partial charge in [-0.3, -0.25) is 4.79 Å². The minimum Gasteiger partial charge on any atom is -0.493 e. The van der Waals surface area contributed by atoms with Crippen LogP contribution in [0.1, 0.15) is 5.56 Å². The van der Waals surface area contributed by atoms with Gasteiger partial charge in [0.15, 0.2) is 11.5 Å². The third kappa shape index (κ3) is 5.82. The fourth-order valence-corrected chi connectivity index (χ4v) is 3.06. The molecule has 2 rings (SSSR count). The Kier molecular flexibility index (Phi) is 6.95. The predicted molar refractivity (Wildman–Crippen MR) is 99.1 cm³/mol. The number of methoxy groups -OCH3 is 1. The van der Waals surface area contributed by atoms with Crippen LogP contribution in [0.5, 0.6) is 11.5 Å². The summed E-state index contributed by atoms with van der Waals surface area (Å²) in [6.07, 6.45) is 2.87. The second-order valence-electron chi connectivity index (χ2n) is 4.74. The summed E-state index contributed by atoms with van der Waals surface area (Å²) in [5.41, 5.74) is 1.22. The molecule has 8 heteroatoms. The number of ether oxygens (including phenoxy) is 2. The summed E-state index contributed by atoms with van der Waals surface area (Å²) < 4.78 is 35.6. The van der Waals surface area contributed by atoms with E-state index < -0.39 is 6.61 Å². The lowest BCUT2D eigenvalue weighted by Gasteiger charge is -2.10. The molecule has 0 unspecified atom stereocenters. The van der Waals surface area contributed by atoms with Crippen LogP contribution in [-0.4, -0.2) is 19.6 Å². The van der Waals surface area contributed by atoms with Crippen LogP contribution >= 0.6 is 31.9 Å². The standard InChI is InChI=1S/C17H13Br2F2NO3/c1-24-15-8-10(2-6-14(15)25-17(20)21)3-7-16(23)22-13-5-4-11(18)9-12(13)19/h2-9,17H,1H3,(H,22,23)/b7-3+. The number of alkyl halides is 2. The number of rotatable bonds is 6. The van der Waals surface area contributed by atoms with Gasteiger partial charge in [-0.2, -0.15) is 8.78 Å². The van der Waals surface area contributed by atoms with Gasteiger partial charge in [-0.25, -0.2) is 0 Å². The van der Waals surface area contributed by atoms with Crippen LogP contribution in [0.4, 0.5) is 14.5 Å². The number of hydrogen-bond acceptors (Lipinski definition) is 3. The first-order valence-corrected chi connectivity index (χ1v) is 8.54. The number of carbonyl (C=O) groups excluding carboxylic acids is 1. The molecule has 0 radical (unpaired) electrons. The minimum absolute atomic E-state index is 0.0714. The molecule has 0 heterocycles. The van der Waals surface area contributed by atoms with E-state index in [1.54, 1.807) is 18.2 Å². The summed E-state index contributed by atoms with van der Waals surface area (Å²) in [4.78, 5) is 12.0. The Morgan fingerprint density at radius 2 is 1.92 bits per heavy atom. The molecule has 0 aliphatic heterocycles. The van der Waals surface area contributed by atoms with Gasteiger partial charge in [0.05, 0.1) is 12.8 Å². The Hall–Kier alpha value is -1.93. The van der Waals surface area contributed by atoms with Crippen LogP contribution in [0.2, 0.25) is 0 Å². The van der Waals surface area contributed by atoms with E-state index in [2.05, 4.69) is 41.9 Å². The summed E-state index contributed by atoms with van der Waals surface area (Å²) in [6.45, 7) is -2.94. The first kappa shape index (κ1) is 19.4. The zero-order chi connectivity index (χ0) is 18.4. The lowest BCUT2D eigenvalue weighted by atomic mass is 10.2. The number of hydrogen-bond donors (Lipinski definition) is 1. The van der Waals surface area contributed by atoms with Gasteiger partial charge in [0.2, 0.25) is 5.91 Å². The molecule has 4 nitrogen and oxygen atoms in total. The average Bonchev–Trinajstić information content (AvgIpc) is 2.56. The highest BCUT2D eigenvalue weighted by molar-refractivity contribution is 9.11. The summed E-state index contributed by atoms with van der Waals surface area (Å²) in [7, 11) is 1.35. The number of benzene rings is 2. The van der Waals surface area contributed by atoms with Crippen molar-refractivity contribution in [3.63, 3.8) is 0 Å². The van der Waals surface area contributed by atoms with Gasteiger partial charge in [0, 0.05) is 15.0 Å². The van der Waals surface area contributed by atoms with Crippen molar-refractivity contribution >= 4 is 49.5 Å². The Bertz CT molecular complexity index is 797. The fourth-order valence-electron chi connectivity index (χ4n) is 1.92. The highest BCUT2D eigenvalue weighted by atomic mass is 79.9. The number of carbonyl (C=O) groups is 1. The van der Waals surface area contributed by atoms with Crippen LogP contribution < -0.4 is 14.8 Å². The fraction of sp³-hybridized carbons (Fsp3) is 0.118. The van der Waals surface area contributed by atoms with E-state index in [-0.39, 0.29) is 17.4 Å². The van der Waals surface area contributed by atoms with Gasteiger partial charge >= 0.3 is 6.61 Å². The molecule has 2 aromatic rings. The van der Waals surface area contributed by atoms with Crippen molar-refractivity contribution in [3.05, 3.63) is 57.0 Å². The lowest BCUT2D eigenvalue weighted by molar-refractivity contribution is -0.111. The van der Waals surface area contributed by atoms with Gasteiger partial charge in [-0.1, -0.05) is 22.0 Å². The molecule has 0 saturated carbocycles. The van der Waals surface area contributed by atoms with Crippen LogP contribution in [0, 0.1) is 0 Å². The maximum absolute atomic E-state index is 12.3. The molecular formula is C17H13Br2F2NO3. The topological polar surface area (TPSA) is 47.6 Å². The van der Waals surface area contributed by atoms with E-state index in [0.29, 0.717) is 11.3 Å². The van der Waals surface area contributed by atoms with Crippen LogP contribution in [-0.2, 0) is 4.79 Å². The Morgan fingerprint density at radius 1 is 1.16 bits per heavy atom. The van der Waals surface area contributed by atoms with Crippen molar-refractivity contribution in [1.82, 2.24) is 0 Å². The average molecular weight is 477 g/mol. The van der Waals surface area contributed by atoms with Crippen LogP contribution in [0.15, 0.2) is 51.4 Å². The van der Waals surface area contributed by atoms with E-state index in [1.807, 2.05) is 6.07 Å². The molecule has 2 aromatic carbocycles. The van der Waals surface area contributed by atoms with Crippen LogP contribution in [0.25, 0.3) is 6.08 Å². The Morgan fingerprint density at radius 3 is 2.56 bits per heavy atom. The van der Waals surface area contributed by atoms with Gasteiger partial charge in [0.1, 0.15) is 0 Å². The van der Waals surface area contributed by atoms with Crippen molar-refractivity contribution in [2.24, 2.45) is 0 Å². The zero-order valence-electron chi connectivity index (χ0n) is 12.9. The summed E-state index contributed by atoms with van der Waals surface area (Å²) in [5, 5.41) is 2.73. The smallest absolute Gasteiger partial charge is 0.387 e. The highest BCUT2D eigenvalue weighted by Gasteiger charge is 2.10. The van der Waals surface area contributed by atoms with Crippen molar-refractivity contribution in [1.29, 1.82) is 0 Å². The van der Waals surface area contributed by atoms with Crippen molar-refractivity contribution in [3.8, 4) is 11.5 Å². The maximum Gasteiger partial charge on any atom is 0.387 e. The molecule has 1 amide bonds. The second-order valence-corrected chi connectivity index (χ2v) is 6.51. The molecule has 0 saturated heterocycles. The highest BCUT2D eigenvalue weighted by Crippen LogP contribution is 2.30. The van der Waals surface area contributed by atoms with E-state index >= 15 is 0 Å². The molecule has 132 valence electrons. The molecule has 0 aliphatic carbocycles. The number of halogens is 4. The van der Waals surface area contributed by atoms with Gasteiger partial charge in [-0.05, 0) is 57.9 Å². The van der Waals surface area contributed by atoms with E-state index in [1.165, 1.54) is 31.4 Å². The molecule has 25 heavy (non-hydrogen) atoms. The summed E-state index contributed by atoms with van der Waals surface area (Å²) >= 11 is 6.69. The lowest BCUT2D eigenvalue weighted by Crippen LogP contribution is -2.08. The molecule has 0 spiro atoms. The Balaban J connectivity index is 2.08. The third-order valence-corrected chi connectivity index (χ3v) is 4.17. The maximum atomic E-state index is 12.3. The van der Waals surface area contributed by atoms with Crippen molar-refractivity contribution in [2.45, 2.75) is 6.61 Å². The second kappa shape index (κ2) is 8.96. The van der Waals surface area contributed by atoms with Crippen molar-refractivity contribution < 1.29 is 23.0 Å². The van der Waals surface area contributed by atoms with Gasteiger partial charge in [0.25, 0.3) is 0 Å². The van der Waals surface area contributed by atoms with E-state index in [4.69, 9.17) is 4.74 Å². The van der Waals surface area contributed by atoms with Gasteiger partial charge in [-0.15, -0.1) is 0 Å². The third-order valence-electron chi connectivity index (χ3n) is 3.02. The molecule has 0 atom stereocenters. The number of anilines is 1. The quantitative estimate of drug-likeness (QED) is 0.562. The van der Waals surface area contributed by atoms with Crippen molar-refractivity contribution in [2.75, 3.05) is 12.4 Å². The number of nitrogens with one attached hydrogen (secondary N) is 1. The first-order valence-electron chi connectivity index (χ1n) is 6.96.